The summed E-state index contributed by atoms with van der Waals surface area (Å²) in [6.07, 6.45) is 4.50. The minimum Gasteiger partial charge on any atom is -0.396 e. The fraction of sp³-hybridized carbons (Fsp3) is 0.400. The summed E-state index contributed by atoms with van der Waals surface area (Å²) < 4.78 is 2.91. The Morgan fingerprint density at radius 2 is 2.10 bits per heavy atom. The van der Waals surface area contributed by atoms with E-state index in [-0.39, 0.29) is 12.6 Å². The van der Waals surface area contributed by atoms with Gasteiger partial charge in [0.25, 0.3) is 0 Å². The van der Waals surface area contributed by atoms with Crippen LogP contribution in [0.3, 0.4) is 0 Å². The summed E-state index contributed by atoms with van der Waals surface area (Å²) in [6, 6.07) is 10.6. The highest BCUT2D eigenvalue weighted by atomic mass is 79.9. The van der Waals surface area contributed by atoms with Gasteiger partial charge in [-0.25, -0.2) is 0 Å². The van der Waals surface area contributed by atoms with Crippen LogP contribution < -0.4 is 0 Å². The van der Waals surface area contributed by atoms with Crippen molar-refractivity contribution in [3.05, 3.63) is 52.8 Å². The van der Waals surface area contributed by atoms with Crippen LogP contribution in [0.4, 0.5) is 0 Å². The van der Waals surface area contributed by atoms with Crippen LogP contribution >= 0.6 is 15.9 Å². The van der Waals surface area contributed by atoms with E-state index < -0.39 is 0 Å². The summed E-state index contributed by atoms with van der Waals surface area (Å²) in [5.41, 5.74) is 1.24. The second-order valence-electron chi connectivity index (χ2n) is 4.84. The van der Waals surface area contributed by atoms with Crippen molar-refractivity contribution in [2.75, 3.05) is 20.2 Å². The molecule has 0 amide bonds. The molecule has 2 rings (SSSR count). The largest absolute Gasteiger partial charge is 0.396 e. The van der Waals surface area contributed by atoms with Crippen molar-refractivity contribution in [3.8, 4) is 0 Å². The molecule has 4 nitrogen and oxygen atoms in total. The van der Waals surface area contributed by atoms with Crippen molar-refractivity contribution in [2.24, 2.45) is 0 Å². The average Bonchev–Trinajstić information content (AvgIpc) is 2.89. The Labute approximate surface area is 128 Å². The van der Waals surface area contributed by atoms with Crippen molar-refractivity contribution in [2.45, 2.75) is 19.0 Å². The first-order valence-electron chi connectivity index (χ1n) is 6.74. The first-order valence-corrected chi connectivity index (χ1v) is 7.54. The minimum absolute atomic E-state index is 0.192. The number of nitrogens with zero attached hydrogens (tertiary/aromatic N) is 3. The summed E-state index contributed by atoms with van der Waals surface area (Å²) >= 11 is 3.40. The van der Waals surface area contributed by atoms with Crippen molar-refractivity contribution in [1.29, 1.82) is 0 Å². The van der Waals surface area contributed by atoms with Gasteiger partial charge in [0.2, 0.25) is 0 Å². The maximum absolute atomic E-state index is 9.29. The van der Waals surface area contributed by atoms with Crippen LogP contribution in [0.25, 0.3) is 0 Å². The lowest BCUT2D eigenvalue weighted by Crippen LogP contribution is -2.29. The third-order valence-corrected chi connectivity index (χ3v) is 3.81. The van der Waals surface area contributed by atoms with Crippen LogP contribution in [-0.4, -0.2) is 40.0 Å². The maximum Gasteiger partial charge on any atom is 0.0632 e. The highest BCUT2D eigenvalue weighted by Crippen LogP contribution is 2.22. The number of hydrogen-bond donors (Lipinski definition) is 1. The van der Waals surface area contributed by atoms with Crippen LogP contribution in [0, 0.1) is 0 Å². The molecule has 2 aromatic rings. The molecule has 0 aliphatic carbocycles. The number of aromatic nitrogens is 2. The molecule has 1 atom stereocenters. The monoisotopic (exact) mass is 337 g/mol. The number of benzene rings is 1. The Kier molecular flexibility index (Phi) is 5.76. The van der Waals surface area contributed by atoms with E-state index in [1.807, 2.05) is 29.1 Å². The van der Waals surface area contributed by atoms with Gasteiger partial charge in [-0.3, -0.25) is 9.58 Å². The van der Waals surface area contributed by atoms with Crippen molar-refractivity contribution in [3.63, 3.8) is 0 Å². The molecule has 5 heteroatoms. The summed E-state index contributed by atoms with van der Waals surface area (Å²) in [5.74, 6) is 0. The van der Waals surface area contributed by atoms with Gasteiger partial charge in [0.1, 0.15) is 0 Å². The first kappa shape index (κ1) is 15.2. The molecular weight excluding hydrogens is 318 g/mol. The lowest BCUT2D eigenvalue weighted by molar-refractivity contribution is 0.179. The zero-order valence-electron chi connectivity index (χ0n) is 11.6. The molecule has 0 radical (unpaired) electrons. The zero-order chi connectivity index (χ0) is 14.4. The molecule has 108 valence electrons. The number of aliphatic hydroxyl groups excluding tert-OH is 1. The Bertz CT molecular complexity index is 515. The molecule has 1 aromatic carbocycles. The molecule has 1 N–H and O–H groups in total. The molecule has 0 bridgehead atoms. The fourth-order valence-corrected chi connectivity index (χ4v) is 2.64. The normalized spacial score (nSPS) is 12.8. The van der Waals surface area contributed by atoms with Gasteiger partial charge in [-0.15, -0.1) is 0 Å². The molecule has 0 aliphatic rings. The van der Waals surface area contributed by atoms with E-state index in [4.69, 9.17) is 0 Å². The topological polar surface area (TPSA) is 41.3 Å². The van der Waals surface area contributed by atoms with Gasteiger partial charge in [-0.1, -0.05) is 30.3 Å². The van der Waals surface area contributed by atoms with Gasteiger partial charge in [-0.05, 0) is 35.0 Å². The minimum atomic E-state index is 0.192. The van der Waals surface area contributed by atoms with Crippen molar-refractivity contribution in [1.82, 2.24) is 14.7 Å². The maximum atomic E-state index is 9.29. The Morgan fingerprint density at radius 1 is 1.35 bits per heavy atom. The molecule has 0 saturated heterocycles. The van der Waals surface area contributed by atoms with Crippen molar-refractivity contribution >= 4 is 15.9 Å². The van der Waals surface area contributed by atoms with E-state index in [1.165, 1.54) is 5.56 Å². The standard InChI is InChI=1S/C15H20BrN3O/c1-18(8-9-19-12-14(16)11-17-19)15(7-10-20)13-5-3-2-4-6-13/h2-6,11-12,15,20H,7-10H2,1H3. The highest BCUT2D eigenvalue weighted by Gasteiger charge is 2.16. The van der Waals surface area contributed by atoms with Crippen LogP contribution in [0.1, 0.15) is 18.0 Å². The van der Waals surface area contributed by atoms with E-state index in [0.29, 0.717) is 0 Å². The van der Waals surface area contributed by atoms with Crippen LogP contribution in [-0.2, 0) is 6.54 Å². The quantitative estimate of drug-likeness (QED) is 0.844. The lowest BCUT2D eigenvalue weighted by atomic mass is 10.0. The summed E-state index contributed by atoms with van der Waals surface area (Å²) in [7, 11) is 2.09. The van der Waals surface area contributed by atoms with Crippen LogP contribution in [0.5, 0.6) is 0 Å². The van der Waals surface area contributed by atoms with Crippen LogP contribution in [0.15, 0.2) is 47.2 Å². The van der Waals surface area contributed by atoms with E-state index in [0.717, 1.165) is 24.0 Å². The summed E-state index contributed by atoms with van der Waals surface area (Å²) in [5, 5.41) is 13.5. The van der Waals surface area contributed by atoms with Gasteiger partial charge >= 0.3 is 0 Å². The molecule has 0 aliphatic heterocycles. The second-order valence-corrected chi connectivity index (χ2v) is 5.76. The van der Waals surface area contributed by atoms with E-state index in [1.54, 1.807) is 6.20 Å². The summed E-state index contributed by atoms with van der Waals surface area (Å²) in [4.78, 5) is 2.27. The molecule has 20 heavy (non-hydrogen) atoms. The first-order chi connectivity index (χ1) is 9.70. The van der Waals surface area contributed by atoms with Crippen LogP contribution in [0.2, 0.25) is 0 Å². The number of aliphatic hydroxyl groups is 1. The molecular formula is C15H20BrN3O. The molecule has 1 unspecified atom stereocenters. The number of likely N-dealkylation sites (N-methyl/N-ethyl adjacent to an activating group) is 1. The van der Waals surface area contributed by atoms with E-state index in [2.05, 4.69) is 45.1 Å². The van der Waals surface area contributed by atoms with E-state index >= 15 is 0 Å². The second kappa shape index (κ2) is 7.57. The predicted molar refractivity (Wildman–Crippen MR) is 83.4 cm³/mol. The summed E-state index contributed by atoms with van der Waals surface area (Å²) in [6.45, 7) is 1.90. The van der Waals surface area contributed by atoms with Gasteiger partial charge in [0, 0.05) is 25.4 Å². The Hall–Kier alpha value is -1.17. The molecule has 0 spiro atoms. The molecule has 0 saturated carbocycles. The SMILES string of the molecule is CN(CCn1cc(Br)cn1)C(CCO)c1ccccc1. The fourth-order valence-electron chi connectivity index (χ4n) is 2.32. The van der Waals surface area contributed by atoms with Gasteiger partial charge in [-0.2, -0.15) is 5.10 Å². The zero-order valence-corrected chi connectivity index (χ0v) is 13.2. The predicted octanol–water partition coefficient (Wildman–Crippen LogP) is 2.70. The van der Waals surface area contributed by atoms with Gasteiger partial charge < -0.3 is 5.11 Å². The average molecular weight is 338 g/mol. The Morgan fingerprint density at radius 3 is 2.70 bits per heavy atom. The smallest absolute Gasteiger partial charge is 0.0632 e. The Balaban J connectivity index is 1.98. The highest BCUT2D eigenvalue weighted by molar-refractivity contribution is 9.10. The molecule has 0 fully saturated rings. The molecule has 1 aromatic heterocycles. The van der Waals surface area contributed by atoms with Gasteiger partial charge in [0.15, 0.2) is 0 Å². The number of halogens is 1. The third kappa shape index (κ3) is 4.16. The van der Waals surface area contributed by atoms with E-state index in [9.17, 15) is 5.11 Å². The van der Waals surface area contributed by atoms with Crippen molar-refractivity contribution < 1.29 is 5.11 Å². The number of rotatable bonds is 7. The number of hydrogen-bond acceptors (Lipinski definition) is 3. The van der Waals surface area contributed by atoms with Gasteiger partial charge in [0.05, 0.1) is 17.2 Å². The molecule has 1 heterocycles. The third-order valence-electron chi connectivity index (χ3n) is 3.40. The lowest BCUT2D eigenvalue weighted by Gasteiger charge is -2.28.